The van der Waals surface area contributed by atoms with E-state index in [1.54, 1.807) is 19.2 Å². The van der Waals surface area contributed by atoms with E-state index >= 15 is 0 Å². The molecule has 39 heavy (non-hydrogen) atoms. The molecule has 0 saturated heterocycles. The van der Waals surface area contributed by atoms with E-state index in [1.165, 1.54) is 6.92 Å². The van der Waals surface area contributed by atoms with Crippen LogP contribution in [-0.2, 0) is 4.79 Å². The van der Waals surface area contributed by atoms with Crippen LogP contribution in [0.25, 0.3) is 10.9 Å². The first-order valence-corrected chi connectivity index (χ1v) is 14.0. The number of ketones is 1. The highest BCUT2D eigenvalue weighted by Gasteiger charge is 2.35. The lowest BCUT2D eigenvalue weighted by molar-refractivity contribution is -0.123. The quantitative estimate of drug-likeness (QED) is 0.186. The number of amides is 1. The second-order valence-corrected chi connectivity index (χ2v) is 10.4. The predicted octanol–water partition coefficient (Wildman–Crippen LogP) is 7.06. The number of likely N-dealkylation sites (N-methyl/N-ethyl adjacent to an activating group) is 1. The normalized spacial score (nSPS) is 12.8. The van der Waals surface area contributed by atoms with E-state index in [4.69, 9.17) is 9.72 Å². The third kappa shape index (κ3) is 6.05. The molecule has 3 aromatic carbocycles. The topological polar surface area (TPSA) is 62.7 Å². The second kappa shape index (κ2) is 12.5. The van der Waals surface area contributed by atoms with Crippen molar-refractivity contribution in [3.63, 3.8) is 0 Å². The van der Waals surface area contributed by atoms with Crippen LogP contribution >= 0.6 is 15.9 Å². The Balaban J connectivity index is 2.01. The zero-order chi connectivity index (χ0) is 28.1. The number of pyridine rings is 1. The Morgan fingerprint density at radius 2 is 1.62 bits per heavy atom. The van der Waals surface area contributed by atoms with Gasteiger partial charge >= 0.3 is 0 Å². The van der Waals surface area contributed by atoms with Crippen molar-refractivity contribution in [2.75, 3.05) is 25.1 Å². The SMILES string of the molecule is CCN(CC)C(C)C(=O)N(c1ccc(C(C)=O)cc1)C(c1ccccc1)c1cc2cc(Br)ccc2nc1OC. The third-order valence-electron chi connectivity index (χ3n) is 7.14. The van der Waals surface area contributed by atoms with Crippen LogP contribution in [0, 0.1) is 0 Å². The number of benzene rings is 3. The summed E-state index contributed by atoms with van der Waals surface area (Å²) in [6.45, 7) is 9.08. The summed E-state index contributed by atoms with van der Waals surface area (Å²) in [4.78, 5) is 35.3. The Labute approximate surface area is 238 Å². The van der Waals surface area contributed by atoms with Gasteiger partial charge in [0.1, 0.15) is 0 Å². The van der Waals surface area contributed by atoms with Gasteiger partial charge in [-0.2, -0.15) is 0 Å². The fraction of sp³-hybridized carbons (Fsp3) is 0.281. The van der Waals surface area contributed by atoms with Gasteiger partial charge in [-0.25, -0.2) is 4.98 Å². The standard InChI is InChI=1S/C32H34BrN3O3/c1-6-35(7-2)21(3)32(38)36(27-16-13-23(14-17-27)22(4)37)30(24-11-9-8-10-12-24)28-20-25-19-26(33)15-18-29(25)34-31(28)39-5/h8-21,30H,6-7H2,1-5H3. The average Bonchev–Trinajstić information content (AvgIpc) is 2.96. The van der Waals surface area contributed by atoms with E-state index in [0.29, 0.717) is 17.1 Å². The van der Waals surface area contributed by atoms with E-state index in [2.05, 4.69) is 40.7 Å². The number of anilines is 1. The highest BCUT2D eigenvalue weighted by Crippen LogP contribution is 2.39. The number of aromatic nitrogens is 1. The van der Waals surface area contributed by atoms with Gasteiger partial charge in [0.25, 0.3) is 0 Å². The summed E-state index contributed by atoms with van der Waals surface area (Å²) in [5.41, 5.74) is 3.77. The van der Waals surface area contributed by atoms with E-state index < -0.39 is 6.04 Å². The summed E-state index contributed by atoms with van der Waals surface area (Å²) < 4.78 is 6.77. The smallest absolute Gasteiger partial charge is 0.244 e. The van der Waals surface area contributed by atoms with Crippen molar-refractivity contribution in [3.8, 4) is 5.88 Å². The summed E-state index contributed by atoms with van der Waals surface area (Å²) in [7, 11) is 1.60. The Bertz CT molecular complexity index is 1450. The third-order valence-corrected chi connectivity index (χ3v) is 7.63. The second-order valence-electron chi connectivity index (χ2n) is 9.45. The molecular formula is C32H34BrN3O3. The van der Waals surface area contributed by atoms with Crippen LogP contribution in [0.15, 0.2) is 83.3 Å². The zero-order valence-electron chi connectivity index (χ0n) is 23.0. The maximum absolute atomic E-state index is 14.5. The first kappa shape index (κ1) is 28.5. The number of halogens is 1. The lowest BCUT2D eigenvalue weighted by Gasteiger charge is -2.37. The number of carbonyl (C=O) groups is 2. The Hall–Kier alpha value is -3.55. The molecule has 1 aromatic heterocycles. The van der Waals surface area contributed by atoms with Crippen molar-refractivity contribution in [2.45, 2.75) is 39.8 Å². The number of ether oxygens (including phenoxy) is 1. The van der Waals surface area contributed by atoms with E-state index in [9.17, 15) is 9.59 Å². The molecule has 0 aliphatic heterocycles. The summed E-state index contributed by atoms with van der Waals surface area (Å²) in [6, 6.07) is 24.2. The van der Waals surface area contributed by atoms with Crippen LogP contribution in [0.2, 0.25) is 0 Å². The van der Waals surface area contributed by atoms with Crippen molar-refractivity contribution in [1.29, 1.82) is 0 Å². The molecule has 0 radical (unpaired) electrons. The Kier molecular flexibility index (Phi) is 9.15. The van der Waals surface area contributed by atoms with Gasteiger partial charge in [0, 0.05) is 26.7 Å². The predicted molar refractivity (Wildman–Crippen MR) is 161 cm³/mol. The summed E-state index contributed by atoms with van der Waals surface area (Å²) in [5, 5.41) is 0.928. The highest BCUT2D eigenvalue weighted by atomic mass is 79.9. The van der Waals surface area contributed by atoms with Crippen LogP contribution in [0.3, 0.4) is 0 Å². The molecule has 0 fully saturated rings. The van der Waals surface area contributed by atoms with Gasteiger partial charge in [0.15, 0.2) is 5.78 Å². The summed E-state index contributed by atoms with van der Waals surface area (Å²) in [5.74, 6) is 0.369. The van der Waals surface area contributed by atoms with Crippen molar-refractivity contribution < 1.29 is 14.3 Å². The number of nitrogens with zero attached hydrogens (tertiary/aromatic N) is 3. The summed E-state index contributed by atoms with van der Waals surface area (Å²) >= 11 is 3.58. The molecular weight excluding hydrogens is 554 g/mol. The number of Topliss-reactive ketones (excluding diaryl/α,β-unsaturated/α-hetero) is 1. The van der Waals surface area contributed by atoms with Gasteiger partial charge in [0.2, 0.25) is 11.8 Å². The van der Waals surface area contributed by atoms with Crippen molar-refractivity contribution in [3.05, 3.63) is 100 Å². The lowest BCUT2D eigenvalue weighted by Crippen LogP contribution is -2.49. The van der Waals surface area contributed by atoms with Crippen LogP contribution in [-0.4, -0.2) is 47.8 Å². The molecule has 1 heterocycles. The molecule has 0 spiro atoms. The minimum atomic E-state index is -0.536. The molecule has 7 heteroatoms. The number of hydrogen-bond acceptors (Lipinski definition) is 5. The molecule has 0 N–H and O–H groups in total. The molecule has 2 unspecified atom stereocenters. The maximum Gasteiger partial charge on any atom is 0.244 e. The number of methoxy groups -OCH3 is 1. The molecule has 4 aromatic rings. The zero-order valence-corrected chi connectivity index (χ0v) is 24.6. The number of fused-ring (bicyclic) bond motifs is 1. The molecule has 0 saturated carbocycles. The largest absolute Gasteiger partial charge is 0.481 e. The van der Waals surface area contributed by atoms with Gasteiger partial charge in [-0.15, -0.1) is 0 Å². The Morgan fingerprint density at radius 3 is 2.21 bits per heavy atom. The number of hydrogen-bond donors (Lipinski definition) is 0. The molecule has 4 rings (SSSR count). The van der Waals surface area contributed by atoms with Crippen LogP contribution in [0.4, 0.5) is 5.69 Å². The Morgan fingerprint density at radius 1 is 0.949 bits per heavy atom. The van der Waals surface area contributed by atoms with Gasteiger partial charge < -0.3 is 4.74 Å². The van der Waals surface area contributed by atoms with E-state index in [0.717, 1.165) is 39.6 Å². The highest BCUT2D eigenvalue weighted by molar-refractivity contribution is 9.10. The maximum atomic E-state index is 14.5. The fourth-order valence-electron chi connectivity index (χ4n) is 5.00. The first-order chi connectivity index (χ1) is 18.8. The number of rotatable bonds is 10. The van der Waals surface area contributed by atoms with Gasteiger partial charge in [-0.1, -0.05) is 60.1 Å². The molecule has 0 bridgehead atoms. The molecule has 0 aliphatic rings. The van der Waals surface area contributed by atoms with Crippen molar-refractivity contribution >= 4 is 44.2 Å². The van der Waals surface area contributed by atoms with Gasteiger partial charge in [0.05, 0.1) is 24.7 Å². The minimum absolute atomic E-state index is 0.0264. The van der Waals surface area contributed by atoms with Crippen LogP contribution in [0.1, 0.15) is 55.2 Å². The van der Waals surface area contributed by atoms with Gasteiger partial charge in [-0.05, 0) is 81.0 Å². The van der Waals surface area contributed by atoms with E-state index in [1.807, 2.05) is 72.5 Å². The van der Waals surface area contributed by atoms with Gasteiger partial charge in [-0.3, -0.25) is 19.4 Å². The van der Waals surface area contributed by atoms with Crippen LogP contribution in [0.5, 0.6) is 5.88 Å². The lowest BCUT2D eigenvalue weighted by atomic mass is 9.94. The molecule has 202 valence electrons. The molecule has 2 atom stereocenters. The van der Waals surface area contributed by atoms with Crippen molar-refractivity contribution in [2.24, 2.45) is 0 Å². The molecule has 6 nitrogen and oxygen atoms in total. The van der Waals surface area contributed by atoms with E-state index in [-0.39, 0.29) is 17.7 Å². The van der Waals surface area contributed by atoms with Crippen LogP contribution < -0.4 is 9.64 Å². The minimum Gasteiger partial charge on any atom is -0.481 e. The van der Waals surface area contributed by atoms with Crippen molar-refractivity contribution in [1.82, 2.24) is 9.88 Å². The molecule has 0 aliphatic carbocycles. The average molecular weight is 589 g/mol. The fourth-order valence-corrected chi connectivity index (χ4v) is 5.38. The molecule has 1 amide bonds. The number of carbonyl (C=O) groups excluding carboxylic acids is 2. The monoisotopic (exact) mass is 587 g/mol. The summed E-state index contributed by atoms with van der Waals surface area (Å²) in [6.07, 6.45) is 0. The first-order valence-electron chi connectivity index (χ1n) is 13.2.